The first-order valence-electron chi connectivity index (χ1n) is 5.09. The minimum atomic E-state index is -0.598. The molecule has 0 aliphatic heterocycles. The van der Waals surface area contributed by atoms with Gasteiger partial charge in [0, 0.05) is 4.47 Å². The van der Waals surface area contributed by atoms with Crippen molar-refractivity contribution in [3.63, 3.8) is 0 Å². The summed E-state index contributed by atoms with van der Waals surface area (Å²) in [6, 6.07) is 7.98. The molecule has 0 spiro atoms. The Kier molecular flexibility index (Phi) is 2.67. The predicted molar refractivity (Wildman–Crippen MR) is 61.1 cm³/mol. The van der Waals surface area contributed by atoms with Crippen LogP contribution in [-0.2, 0) is 5.60 Å². The first-order chi connectivity index (χ1) is 6.62. The van der Waals surface area contributed by atoms with E-state index in [2.05, 4.69) is 22.9 Å². The first-order valence-corrected chi connectivity index (χ1v) is 5.88. The summed E-state index contributed by atoms with van der Waals surface area (Å²) in [6.07, 6.45) is 2.89. The summed E-state index contributed by atoms with van der Waals surface area (Å²) in [5.41, 5.74) is 0.448. The van der Waals surface area contributed by atoms with Gasteiger partial charge in [-0.05, 0) is 36.8 Å². The molecule has 1 aliphatic carbocycles. The van der Waals surface area contributed by atoms with Gasteiger partial charge in [0.2, 0.25) is 0 Å². The third-order valence-electron chi connectivity index (χ3n) is 3.11. The lowest BCUT2D eigenvalue weighted by molar-refractivity contribution is 0.0400. The molecule has 76 valence electrons. The van der Waals surface area contributed by atoms with E-state index in [-0.39, 0.29) is 0 Å². The van der Waals surface area contributed by atoms with Crippen molar-refractivity contribution in [3.8, 4) is 0 Å². The van der Waals surface area contributed by atoms with Crippen LogP contribution < -0.4 is 0 Å². The van der Waals surface area contributed by atoms with Gasteiger partial charge in [-0.3, -0.25) is 0 Å². The van der Waals surface area contributed by atoms with Gasteiger partial charge in [0.15, 0.2) is 0 Å². The van der Waals surface area contributed by atoms with Crippen LogP contribution in [0.25, 0.3) is 0 Å². The van der Waals surface area contributed by atoms with Crippen LogP contribution in [0.4, 0.5) is 0 Å². The predicted octanol–water partition coefficient (Wildman–Crippen LogP) is 3.46. The molecule has 0 bridgehead atoms. The smallest absolute Gasteiger partial charge is 0.0910 e. The molecule has 1 aromatic rings. The fourth-order valence-corrected chi connectivity index (χ4v) is 3.00. The van der Waals surface area contributed by atoms with Crippen LogP contribution in [0.15, 0.2) is 28.7 Å². The van der Waals surface area contributed by atoms with Crippen LogP contribution in [0.3, 0.4) is 0 Å². The van der Waals surface area contributed by atoms with E-state index in [0.717, 1.165) is 29.3 Å². The van der Waals surface area contributed by atoms with Crippen molar-refractivity contribution in [1.29, 1.82) is 0 Å². The Labute approximate surface area is 93.3 Å². The van der Waals surface area contributed by atoms with E-state index in [1.165, 1.54) is 0 Å². The Morgan fingerprint density at radius 2 is 2.14 bits per heavy atom. The van der Waals surface area contributed by atoms with Crippen LogP contribution in [0.2, 0.25) is 0 Å². The van der Waals surface area contributed by atoms with E-state index in [1.807, 2.05) is 24.3 Å². The summed E-state index contributed by atoms with van der Waals surface area (Å²) < 4.78 is 1.02. The zero-order valence-corrected chi connectivity index (χ0v) is 9.92. The number of aliphatic hydroxyl groups is 1. The highest BCUT2D eigenvalue weighted by atomic mass is 79.9. The van der Waals surface area contributed by atoms with Crippen molar-refractivity contribution in [3.05, 3.63) is 34.3 Å². The Morgan fingerprint density at radius 1 is 1.43 bits per heavy atom. The second kappa shape index (κ2) is 3.67. The van der Waals surface area contributed by atoms with Crippen LogP contribution in [0, 0.1) is 5.92 Å². The highest BCUT2D eigenvalue weighted by molar-refractivity contribution is 9.10. The third kappa shape index (κ3) is 1.73. The standard InChI is InChI=1S/C12H15BrO/c1-9-6-7-12(14,8-9)10-4-2-3-5-11(10)13/h2-5,9,14H,6-8H2,1H3/t9-,12-/m1/s1. The van der Waals surface area contributed by atoms with E-state index in [9.17, 15) is 5.11 Å². The van der Waals surface area contributed by atoms with E-state index in [0.29, 0.717) is 5.92 Å². The summed E-state index contributed by atoms with van der Waals surface area (Å²) in [7, 11) is 0. The Balaban J connectivity index is 2.35. The zero-order valence-electron chi connectivity index (χ0n) is 8.33. The van der Waals surface area contributed by atoms with E-state index in [4.69, 9.17) is 0 Å². The molecule has 1 aromatic carbocycles. The maximum atomic E-state index is 10.5. The molecular formula is C12H15BrO. The highest BCUT2D eigenvalue weighted by Gasteiger charge is 2.37. The lowest BCUT2D eigenvalue weighted by Gasteiger charge is -2.24. The minimum Gasteiger partial charge on any atom is -0.385 e. The van der Waals surface area contributed by atoms with Crippen molar-refractivity contribution < 1.29 is 5.11 Å². The van der Waals surface area contributed by atoms with Crippen LogP contribution >= 0.6 is 15.9 Å². The summed E-state index contributed by atoms with van der Waals surface area (Å²) in [5.74, 6) is 0.632. The molecule has 1 saturated carbocycles. The molecule has 1 aliphatic rings. The van der Waals surface area contributed by atoms with Crippen molar-refractivity contribution in [2.75, 3.05) is 0 Å². The molecule has 0 saturated heterocycles. The van der Waals surface area contributed by atoms with Gasteiger partial charge in [-0.15, -0.1) is 0 Å². The van der Waals surface area contributed by atoms with Crippen molar-refractivity contribution in [2.45, 2.75) is 31.8 Å². The van der Waals surface area contributed by atoms with Gasteiger partial charge in [0.25, 0.3) is 0 Å². The topological polar surface area (TPSA) is 20.2 Å². The highest BCUT2D eigenvalue weighted by Crippen LogP contribution is 2.43. The molecular weight excluding hydrogens is 240 g/mol. The fraction of sp³-hybridized carbons (Fsp3) is 0.500. The van der Waals surface area contributed by atoms with Crippen molar-refractivity contribution >= 4 is 15.9 Å². The number of benzene rings is 1. The first kappa shape index (κ1) is 10.2. The zero-order chi connectivity index (χ0) is 10.2. The van der Waals surface area contributed by atoms with E-state index in [1.54, 1.807) is 0 Å². The van der Waals surface area contributed by atoms with Gasteiger partial charge >= 0.3 is 0 Å². The van der Waals surface area contributed by atoms with Crippen LogP contribution in [0.1, 0.15) is 31.7 Å². The SMILES string of the molecule is C[C@@H]1CC[C@](O)(c2ccccc2Br)C1. The van der Waals surface area contributed by atoms with Gasteiger partial charge in [-0.25, -0.2) is 0 Å². The number of rotatable bonds is 1. The second-order valence-electron chi connectivity index (χ2n) is 4.36. The molecule has 1 N–H and O–H groups in total. The maximum Gasteiger partial charge on any atom is 0.0910 e. The molecule has 2 heteroatoms. The summed E-state index contributed by atoms with van der Waals surface area (Å²) in [6.45, 7) is 2.20. The molecule has 0 amide bonds. The molecule has 0 heterocycles. The monoisotopic (exact) mass is 254 g/mol. The third-order valence-corrected chi connectivity index (χ3v) is 3.80. The van der Waals surface area contributed by atoms with Gasteiger partial charge < -0.3 is 5.11 Å². The molecule has 2 rings (SSSR count). The fourth-order valence-electron chi connectivity index (χ4n) is 2.35. The largest absolute Gasteiger partial charge is 0.385 e. The molecule has 2 atom stereocenters. The number of halogens is 1. The Bertz CT molecular complexity index is 337. The lowest BCUT2D eigenvalue weighted by atomic mass is 9.91. The van der Waals surface area contributed by atoms with Gasteiger partial charge in [0.05, 0.1) is 5.60 Å². The number of hydrogen-bond donors (Lipinski definition) is 1. The lowest BCUT2D eigenvalue weighted by Crippen LogP contribution is -2.22. The van der Waals surface area contributed by atoms with E-state index >= 15 is 0 Å². The average molecular weight is 255 g/mol. The van der Waals surface area contributed by atoms with Gasteiger partial charge in [-0.2, -0.15) is 0 Å². The summed E-state index contributed by atoms with van der Waals surface area (Å²) in [5, 5.41) is 10.5. The molecule has 0 aromatic heterocycles. The minimum absolute atomic E-state index is 0.598. The van der Waals surface area contributed by atoms with Crippen molar-refractivity contribution in [2.24, 2.45) is 5.92 Å². The Hall–Kier alpha value is -0.340. The average Bonchev–Trinajstić information content (AvgIpc) is 2.48. The van der Waals surface area contributed by atoms with Crippen LogP contribution in [-0.4, -0.2) is 5.11 Å². The normalized spacial score (nSPS) is 32.1. The van der Waals surface area contributed by atoms with Crippen LogP contribution in [0.5, 0.6) is 0 Å². The molecule has 0 radical (unpaired) electrons. The van der Waals surface area contributed by atoms with Gasteiger partial charge in [0.1, 0.15) is 0 Å². The second-order valence-corrected chi connectivity index (χ2v) is 5.21. The van der Waals surface area contributed by atoms with E-state index < -0.39 is 5.60 Å². The van der Waals surface area contributed by atoms with Crippen molar-refractivity contribution in [1.82, 2.24) is 0 Å². The molecule has 14 heavy (non-hydrogen) atoms. The Morgan fingerprint density at radius 3 is 2.71 bits per heavy atom. The summed E-state index contributed by atoms with van der Waals surface area (Å²) >= 11 is 3.50. The molecule has 0 unspecified atom stereocenters. The molecule has 1 fully saturated rings. The summed E-state index contributed by atoms with van der Waals surface area (Å²) in [4.78, 5) is 0. The number of hydrogen-bond acceptors (Lipinski definition) is 1. The van der Waals surface area contributed by atoms with Gasteiger partial charge in [-0.1, -0.05) is 41.1 Å². The maximum absolute atomic E-state index is 10.5. The quantitative estimate of drug-likeness (QED) is 0.814. The molecule has 1 nitrogen and oxygen atoms in total.